The lowest BCUT2D eigenvalue weighted by molar-refractivity contribution is -0.123. The molecule has 1 aromatic carbocycles. The number of rotatable bonds is 4. The number of amides is 1. The number of benzene rings is 1. The predicted octanol–water partition coefficient (Wildman–Crippen LogP) is 3.42. The Morgan fingerprint density at radius 2 is 2.08 bits per heavy atom. The molecule has 2 aromatic heterocycles. The average Bonchev–Trinajstić information content (AvgIpc) is 3.09. The van der Waals surface area contributed by atoms with Crippen molar-refractivity contribution in [2.75, 3.05) is 5.32 Å². The van der Waals surface area contributed by atoms with E-state index in [0.717, 1.165) is 10.9 Å². The highest BCUT2D eigenvalue weighted by Crippen LogP contribution is 2.30. The van der Waals surface area contributed by atoms with Crippen LogP contribution in [0.5, 0.6) is 0 Å². The van der Waals surface area contributed by atoms with Gasteiger partial charge >= 0.3 is 5.97 Å². The van der Waals surface area contributed by atoms with E-state index in [-0.39, 0.29) is 5.82 Å². The Morgan fingerprint density at radius 3 is 2.72 bits per heavy atom. The van der Waals surface area contributed by atoms with Crippen molar-refractivity contribution in [2.45, 2.75) is 20.0 Å². The quantitative estimate of drug-likeness (QED) is 0.671. The van der Waals surface area contributed by atoms with Crippen LogP contribution in [0.1, 0.15) is 23.2 Å². The molecule has 0 saturated carbocycles. The first-order chi connectivity index (χ1) is 11.9. The summed E-state index contributed by atoms with van der Waals surface area (Å²) in [6, 6.07) is 9.16. The first kappa shape index (κ1) is 17.2. The van der Waals surface area contributed by atoms with Gasteiger partial charge in [0.25, 0.3) is 5.91 Å². The number of nitrogens with zero attached hydrogens (tertiary/aromatic N) is 2. The van der Waals surface area contributed by atoms with E-state index in [4.69, 9.17) is 9.26 Å². The minimum absolute atomic E-state index is 0.274. The second-order valence-electron chi connectivity index (χ2n) is 5.60. The number of para-hydroxylation sites is 1. The molecule has 0 bridgehead atoms. The molecule has 0 aliphatic heterocycles. The normalized spacial score (nSPS) is 12.2. The number of aromatic nitrogens is 2. The number of carbonyl (C=O) groups excluding carboxylic acids is 2. The van der Waals surface area contributed by atoms with Gasteiger partial charge in [-0.3, -0.25) is 4.79 Å². The lowest BCUT2D eigenvalue weighted by Gasteiger charge is -2.13. The Bertz CT molecular complexity index is 921. The van der Waals surface area contributed by atoms with Gasteiger partial charge in [0, 0.05) is 24.0 Å². The van der Waals surface area contributed by atoms with Crippen molar-refractivity contribution < 1.29 is 18.8 Å². The highest BCUT2D eigenvalue weighted by Gasteiger charge is 2.25. The number of hydrogen-bond donors (Lipinski definition) is 1. The first-order valence-electron chi connectivity index (χ1n) is 7.56. The molecule has 0 spiro atoms. The Kier molecular flexibility index (Phi) is 4.63. The summed E-state index contributed by atoms with van der Waals surface area (Å²) >= 11 is 3.44. The van der Waals surface area contributed by atoms with Crippen LogP contribution in [-0.4, -0.2) is 27.7 Å². The first-order valence-corrected chi connectivity index (χ1v) is 8.36. The zero-order valence-corrected chi connectivity index (χ0v) is 15.5. The van der Waals surface area contributed by atoms with E-state index in [1.165, 1.54) is 6.92 Å². The second-order valence-corrected chi connectivity index (χ2v) is 6.39. The summed E-state index contributed by atoms with van der Waals surface area (Å²) < 4.78 is 12.6. The highest BCUT2D eigenvalue weighted by molar-refractivity contribution is 9.10. The van der Waals surface area contributed by atoms with Crippen LogP contribution in [0.4, 0.5) is 5.82 Å². The minimum Gasteiger partial charge on any atom is -0.448 e. The van der Waals surface area contributed by atoms with Crippen molar-refractivity contribution in [3.63, 3.8) is 0 Å². The molecule has 1 amide bonds. The fraction of sp³-hybridized carbons (Fsp3) is 0.235. The molecule has 0 radical (unpaired) electrons. The van der Waals surface area contributed by atoms with Crippen molar-refractivity contribution in [3.05, 3.63) is 46.3 Å². The van der Waals surface area contributed by atoms with Crippen LogP contribution >= 0.6 is 15.9 Å². The van der Waals surface area contributed by atoms with E-state index in [1.54, 1.807) is 24.6 Å². The molecular weight excluding hydrogens is 390 g/mol. The van der Waals surface area contributed by atoms with Gasteiger partial charge < -0.3 is 19.1 Å². The fourth-order valence-electron chi connectivity index (χ4n) is 2.50. The zero-order chi connectivity index (χ0) is 18.1. The van der Waals surface area contributed by atoms with Crippen LogP contribution in [0.15, 0.2) is 39.3 Å². The maximum atomic E-state index is 12.5. The molecular formula is C17H16BrN3O4. The molecule has 8 heteroatoms. The number of aryl methyl sites for hydroxylation is 2. The van der Waals surface area contributed by atoms with Gasteiger partial charge in [0.1, 0.15) is 11.5 Å². The van der Waals surface area contributed by atoms with Crippen molar-refractivity contribution in [1.29, 1.82) is 0 Å². The van der Waals surface area contributed by atoms with Crippen molar-refractivity contribution in [1.82, 2.24) is 9.72 Å². The third-order valence-electron chi connectivity index (χ3n) is 3.77. The summed E-state index contributed by atoms with van der Waals surface area (Å²) in [5, 5.41) is 7.10. The van der Waals surface area contributed by atoms with Gasteiger partial charge in [-0.25, -0.2) is 4.79 Å². The molecule has 0 saturated heterocycles. The van der Waals surface area contributed by atoms with E-state index >= 15 is 0 Å². The summed E-state index contributed by atoms with van der Waals surface area (Å²) in [5.74, 6) is -0.239. The zero-order valence-electron chi connectivity index (χ0n) is 13.9. The lowest BCUT2D eigenvalue weighted by Crippen LogP contribution is -2.30. The summed E-state index contributed by atoms with van der Waals surface area (Å²) in [6.45, 7) is 3.21. The number of hydrogen-bond acceptors (Lipinski definition) is 5. The summed E-state index contributed by atoms with van der Waals surface area (Å²) in [4.78, 5) is 24.7. The Balaban J connectivity index is 1.76. The molecule has 2 heterocycles. The van der Waals surface area contributed by atoms with Gasteiger partial charge in [-0.15, -0.1) is 0 Å². The molecule has 0 aliphatic carbocycles. The van der Waals surface area contributed by atoms with Crippen LogP contribution in [0.2, 0.25) is 0 Å². The largest absolute Gasteiger partial charge is 0.448 e. The number of carbonyl (C=O) groups is 2. The van der Waals surface area contributed by atoms with E-state index in [2.05, 4.69) is 26.4 Å². The molecule has 1 N–H and O–H groups in total. The van der Waals surface area contributed by atoms with Crippen molar-refractivity contribution in [2.24, 2.45) is 7.05 Å². The second kappa shape index (κ2) is 6.72. The van der Waals surface area contributed by atoms with Crippen LogP contribution in [0, 0.1) is 6.92 Å². The molecule has 3 aromatic rings. The monoisotopic (exact) mass is 405 g/mol. The molecule has 1 atom stereocenters. The van der Waals surface area contributed by atoms with Crippen LogP contribution in [0.3, 0.4) is 0 Å². The van der Waals surface area contributed by atoms with E-state index < -0.39 is 18.0 Å². The molecule has 130 valence electrons. The Hall–Kier alpha value is -2.61. The molecule has 0 aliphatic rings. The fourth-order valence-corrected chi connectivity index (χ4v) is 3.26. The smallest absolute Gasteiger partial charge is 0.356 e. The van der Waals surface area contributed by atoms with Crippen LogP contribution in [-0.2, 0) is 16.6 Å². The van der Waals surface area contributed by atoms with Gasteiger partial charge in [-0.05, 0) is 35.8 Å². The SMILES string of the molecule is Cc1cc(NC(=O)C(C)OC(=O)c2c(Br)c3ccccc3n2C)no1. The van der Waals surface area contributed by atoms with E-state index in [9.17, 15) is 9.59 Å². The number of ether oxygens (including phenoxy) is 1. The maximum absolute atomic E-state index is 12.5. The predicted molar refractivity (Wildman–Crippen MR) is 95.4 cm³/mol. The molecule has 7 nitrogen and oxygen atoms in total. The van der Waals surface area contributed by atoms with Crippen molar-refractivity contribution >= 4 is 44.5 Å². The average molecular weight is 406 g/mol. The highest BCUT2D eigenvalue weighted by atomic mass is 79.9. The number of fused-ring (bicyclic) bond motifs is 1. The number of halogens is 1. The number of anilines is 1. The van der Waals surface area contributed by atoms with Gasteiger partial charge in [0.2, 0.25) is 0 Å². The standard InChI is InChI=1S/C17H16BrN3O4/c1-9-8-13(20-25-9)19-16(22)10(2)24-17(23)15-14(18)11-6-4-5-7-12(11)21(15)3/h4-8,10H,1-3H3,(H,19,20,22). The van der Waals surface area contributed by atoms with E-state index in [1.807, 2.05) is 24.3 Å². The van der Waals surface area contributed by atoms with Gasteiger partial charge in [0.15, 0.2) is 11.9 Å². The van der Waals surface area contributed by atoms with Gasteiger partial charge in [0.05, 0.1) is 4.47 Å². The minimum atomic E-state index is -0.991. The third-order valence-corrected chi connectivity index (χ3v) is 4.57. The molecule has 3 rings (SSSR count). The summed E-state index contributed by atoms with van der Waals surface area (Å²) in [6.07, 6.45) is -0.991. The number of nitrogens with one attached hydrogen (secondary N) is 1. The number of esters is 1. The van der Waals surface area contributed by atoms with Crippen LogP contribution < -0.4 is 5.32 Å². The molecule has 1 unspecified atom stereocenters. The van der Waals surface area contributed by atoms with Crippen LogP contribution in [0.25, 0.3) is 10.9 Å². The Morgan fingerprint density at radius 1 is 1.36 bits per heavy atom. The van der Waals surface area contributed by atoms with Gasteiger partial charge in [-0.2, -0.15) is 0 Å². The third kappa shape index (κ3) is 3.30. The molecule has 25 heavy (non-hydrogen) atoms. The van der Waals surface area contributed by atoms with Crippen molar-refractivity contribution in [3.8, 4) is 0 Å². The summed E-state index contributed by atoms with van der Waals surface area (Å²) in [5.41, 5.74) is 1.23. The maximum Gasteiger partial charge on any atom is 0.356 e. The Labute approximate surface area is 152 Å². The van der Waals surface area contributed by atoms with Gasteiger partial charge in [-0.1, -0.05) is 23.4 Å². The topological polar surface area (TPSA) is 86.4 Å². The summed E-state index contributed by atoms with van der Waals surface area (Å²) in [7, 11) is 1.77. The molecule has 0 fully saturated rings. The lowest BCUT2D eigenvalue weighted by atomic mass is 10.2. The van der Waals surface area contributed by atoms with E-state index in [0.29, 0.717) is 15.9 Å².